The number of aliphatic carboxylic acids is 1. The van der Waals surface area contributed by atoms with Crippen LogP contribution < -0.4 is 11.1 Å². The summed E-state index contributed by atoms with van der Waals surface area (Å²) in [5, 5.41) is 11.5. The SMILES string of the molecule is Cc1ccc(CN2CCC3(C2)Cn2c(nn(C(C)C)c(=O)c2=O)CO3)s1.O=C(O)C(F)(F)F. The molecule has 9 nitrogen and oxygen atoms in total. The van der Waals surface area contributed by atoms with Gasteiger partial charge >= 0.3 is 23.3 Å². The van der Waals surface area contributed by atoms with Gasteiger partial charge < -0.3 is 9.84 Å². The maximum absolute atomic E-state index is 12.6. The average Bonchev–Trinajstić information content (AvgIpc) is 3.31. The van der Waals surface area contributed by atoms with E-state index in [2.05, 4.69) is 29.1 Å². The number of ether oxygens (including phenoxy) is 1. The minimum Gasteiger partial charge on any atom is -0.475 e. The molecular formula is C20H25F3N4O5S. The van der Waals surface area contributed by atoms with E-state index in [0.29, 0.717) is 12.4 Å². The van der Waals surface area contributed by atoms with Crippen molar-refractivity contribution >= 4 is 17.3 Å². The highest BCUT2D eigenvalue weighted by atomic mass is 32.1. The van der Waals surface area contributed by atoms with Crippen LogP contribution in [-0.4, -0.2) is 55.2 Å². The Bertz CT molecular complexity index is 1140. The summed E-state index contributed by atoms with van der Waals surface area (Å²) >= 11 is 1.82. The van der Waals surface area contributed by atoms with Crippen molar-refractivity contribution in [2.24, 2.45) is 0 Å². The van der Waals surface area contributed by atoms with Crippen LogP contribution in [0.2, 0.25) is 0 Å². The second-order valence-electron chi connectivity index (χ2n) is 8.40. The molecule has 1 fully saturated rings. The number of carbonyl (C=O) groups is 1. The van der Waals surface area contributed by atoms with Crippen molar-refractivity contribution in [3.05, 3.63) is 48.4 Å². The Hall–Kier alpha value is -2.51. The molecule has 0 bridgehead atoms. The van der Waals surface area contributed by atoms with Gasteiger partial charge in [-0.2, -0.15) is 18.3 Å². The second-order valence-corrected chi connectivity index (χ2v) is 9.77. The fourth-order valence-electron chi connectivity index (χ4n) is 3.83. The number of fused-ring (bicyclic) bond motifs is 1. The molecule has 0 aromatic carbocycles. The van der Waals surface area contributed by atoms with Gasteiger partial charge in [0, 0.05) is 29.4 Å². The zero-order chi connectivity index (χ0) is 24.6. The number of hydrogen-bond donors (Lipinski definition) is 1. The standard InChI is InChI=1S/C18H24N4O3S.C2HF3O2/c1-12(2)22-17(24)16(23)21-11-18(25-9-15(21)19-22)6-7-20(10-18)8-14-5-4-13(3)26-14;3-2(4,5)1(6)7/h4-5,12H,6-11H2,1-3H3;(H,6,7). The molecule has 4 rings (SSSR count). The van der Waals surface area contributed by atoms with Gasteiger partial charge in [-0.15, -0.1) is 11.3 Å². The molecule has 1 atom stereocenters. The number of aryl methyl sites for hydroxylation is 1. The van der Waals surface area contributed by atoms with E-state index in [0.717, 1.165) is 26.1 Å². The van der Waals surface area contributed by atoms with Gasteiger partial charge in [0.25, 0.3) is 0 Å². The lowest BCUT2D eigenvalue weighted by Gasteiger charge is -2.35. The van der Waals surface area contributed by atoms with Crippen molar-refractivity contribution in [2.75, 3.05) is 13.1 Å². The highest BCUT2D eigenvalue weighted by Gasteiger charge is 2.43. The van der Waals surface area contributed by atoms with Crippen molar-refractivity contribution in [1.82, 2.24) is 19.2 Å². The van der Waals surface area contributed by atoms with Crippen LogP contribution in [0.3, 0.4) is 0 Å². The van der Waals surface area contributed by atoms with Crippen LogP contribution in [0.1, 0.15) is 41.9 Å². The molecule has 13 heteroatoms. The van der Waals surface area contributed by atoms with Gasteiger partial charge in [0.1, 0.15) is 12.2 Å². The number of aromatic nitrogens is 3. The first-order chi connectivity index (χ1) is 15.3. The molecule has 0 saturated carbocycles. The first-order valence-electron chi connectivity index (χ1n) is 10.3. The fraction of sp³-hybridized carbons (Fsp3) is 0.600. The predicted molar refractivity (Wildman–Crippen MR) is 113 cm³/mol. The Kier molecular flexibility index (Phi) is 7.15. The van der Waals surface area contributed by atoms with Crippen LogP contribution in [0.25, 0.3) is 0 Å². The number of nitrogens with zero attached hydrogens (tertiary/aromatic N) is 4. The van der Waals surface area contributed by atoms with Crippen molar-refractivity contribution in [1.29, 1.82) is 0 Å². The minimum atomic E-state index is -5.08. The molecule has 0 radical (unpaired) electrons. The van der Waals surface area contributed by atoms with Crippen LogP contribution in [0.5, 0.6) is 0 Å². The number of carboxylic acid groups (broad SMARTS) is 1. The number of thiophene rings is 1. The largest absolute Gasteiger partial charge is 0.490 e. The van der Waals surface area contributed by atoms with Crippen LogP contribution in [0.15, 0.2) is 21.7 Å². The molecule has 1 N–H and O–H groups in total. The Morgan fingerprint density at radius 3 is 2.48 bits per heavy atom. The molecule has 0 amide bonds. The van der Waals surface area contributed by atoms with Crippen molar-refractivity contribution in [3.8, 4) is 0 Å². The molecule has 2 aliphatic heterocycles. The first-order valence-corrected chi connectivity index (χ1v) is 11.1. The smallest absolute Gasteiger partial charge is 0.475 e. The molecule has 2 aromatic rings. The molecule has 1 spiro atoms. The third-order valence-electron chi connectivity index (χ3n) is 5.43. The first kappa shape index (κ1) is 25.1. The van der Waals surface area contributed by atoms with Crippen LogP contribution in [0.4, 0.5) is 13.2 Å². The van der Waals surface area contributed by atoms with E-state index in [1.807, 2.05) is 25.2 Å². The van der Waals surface area contributed by atoms with Crippen molar-refractivity contribution in [2.45, 2.75) is 64.7 Å². The highest BCUT2D eigenvalue weighted by Crippen LogP contribution is 2.32. The average molecular weight is 491 g/mol. The monoisotopic (exact) mass is 490 g/mol. The molecule has 4 heterocycles. The Morgan fingerprint density at radius 2 is 1.94 bits per heavy atom. The third kappa shape index (κ3) is 5.71. The summed E-state index contributed by atoms with van der Waals surface area (Å²) in [6, 6.07) is 4.17. The number of halogens is 3. The lowest BCUT2D eigenvalue weighted by atomic mass is 10.0. The van der Waals surface area contributed by atoms with Gasteiger partial charge in [-0.05, 0) is 39.3 Å². The van der Waals surface area contributed by atoms with Gasteiger partial charge in [0.2, 0.25) is 0 Å². The molecule has 0 aliphatic carbocycles. The van der Waals surface area contributed by atoms with E-state index in [-0.39, 0.29) is 12.6 Å². The topological polar surface area (TPSA) is 107 Å². The summed E-state index contributed by atoms with van der Waals surface area (Å²) in [5.74, 6) is -2.21. The summed E-state index contributed by atoms with van der Waals surface area (Å²) in [5.41, 5.74) is -1.44. The summed E-state index contributed by atoms with van der Waals surface area (Å²) < 4.78 is 40.7. The fourth-order valence-corrected chi connectivity index (χ4v) is 4.76. The van der Waals surface area contributed by atoms with Crippen molar-refractivity contribution in [3.63, 3.8) is 0 Å². The Labute approximate surface area is 191 Å². The molecular weight excluding hydrogens is 465 g/mol. The van der Waals surface area contributed by atoms with E-state index in [4.69, 9.17) is 14.6 Å². The maximum Gasteiger partial charge on any atom is 0.490 e. The molecule has 2 aromatic heterocycles. The Morgan fingerprint density at radius 1 is 1.27 bits per heavy atom. The molecule has 1 saturated heterocycles. The van der Waals surface area contributed by atoms with E-state index in [1.54, 1.807) is 0 Å². The summed E-state index contributed by atoms with van der Waals surface area (Å²) in [6.45, 7) is 9.08. The summed E-state index contributed by atoms with van der Waals surface area (Å²) in [4.78, 5) is 38.8. The maximum atomic E-state index is 12.6. The predicted octanol–water partition coefficient (Wildman–Crippen LogP) is 2.16. The number of likely N-dealkylation sites (tertiary alicyclic amines) is 1. The van der Waals surface area contributed by atoms with Crippen LogP contribution >= 0.6 is 11.3 Å². The molecule has 182 valence electrons. The minimum absolute atomic E-state index is 0.145. The van der Waals surface area contributed by atoms with Crippen LogP contribution in [0, 0.1) is 6.92 Å². The number of hydrogen-bond acceptors (Lipinski definition) is 7. The zero-order valence-corrected chi connectivity index (χ0v) is 19.2. The number of carboxylic acids is 1. The molecule has 2 aliphatic rings. The zero-order valence-electron chi connectivity index (χ0n) is 18.4. The number of alkyl halides is 3. The lowest BCUT2D eigenvalue weighted by molar-refractivity contribution is -0.192. The van der Waals surface area contributed by atoms with Gasteiger partial charge in [0.05, 0.1) is 12.6 Å². The van der Waals surface area contributed by atoms with Gasteiger partial charge in [-0.1, -0.05) is 0 Å². The summed E-state index contributed by atoms with van der Waals surface area (Å²) in [7, 11) is 0. The van der Waals surface area contributed by atoms with Crippen LogP contribution in [-0.2, 0) is 29.2 Å². The molecule has 33 heavy (non-hydrogen) atoms. The van der Waals surface area contributed by atoms with E-state index in [9.17, 15) is 22.8 Å². The van der Waals surface area contributed by atoms with Gasteiger partial charge in [-0.25, -0.2) is 9.48 Å². The Balaban J connectivity index is 0.000000383. The third-order valence-corrected chi connectivity index (χ3v) is 6.41. The normalized spacial score (nSPS) is 20.6. The second kappa shape index (κ2) is 9.39. The van der Waals surface area contributed by atoms with Gasteiger partial charge in [0.15, 0.2) is 5.82 Å². The van der Waals surface area contributed by atoms with E-state index >= 15 is 0 Å². The number of rotatable bonds is 3. The van der Waals surface area contributed by atoms with E-state index in [1.165, 1.54) is 19.0 Å². The van der Waals surface area contributed by atoms with E-state index < -0.39 is 28.9 Å². The quantitative estimate of drug-likeness (QED) is 0.657. The summed E-state index contributed by atoms with van der Waals surface area (Å²) in [6.07, 6.45) is -4.23. The molecule has 1 unspecified atom stereocenters. The highest BCUT2D eigenvalue weighted by molar-refractivity contribution is 7.11. The van der Waals surface area contributed by atoms with Crippen molar-refractivity contribution < 1.29 is 27.8 Å². The van der Waals surface area contributed by atoms with Gasteiger partial charge in [-0.3, -0.25) is 19.1 Å². The lowest BCUT2D eigenvalue weighted by Crippen LogP contribution is -2.53.